The Bertz CT molecular complexity index is 1280. The molecule has 0 N–H and O–H groups in total. The van der Waals surface area contributed by atoms with Gasteiger partial charge in [-0.2, -0.15) is 0 Å². The topological polar surface area (TPSA) is 44.2 Å². The van der Waals surface area contributed by atoms with Gasteiger partial charge in [0.05, 0.1) is 11.2 Å². The van der Waals surface area contributed by atoms with Gasteiger partial charge in [0.1, 0.15) is 0 Å². The summed E-state index contributed by atoms with van der Waals surface area (Å²) in [4.78, 5) is 8.97. The van der Waals surface area contributed by atoms with Crippen LogP contribution in [0.15, 0.2) is 78.9 Å². The minimum atomic E-state index is -0.358. The van der Waals surface area contributed by atoms with Crippen LogP contribution >= 0.6 is 0 Å². The second-order valence-electron chi connectivity index (χ2n) is 9.73. The van der Waals surface area contributed by atoms with E-state index in [1.54, 1.807) is 0 Å². The minimum Gasteiger partial charge on any atom is -0.400 e. The number of hydrogen-bond acceptors (Lipinski definition) is 4. The minimum absolute atomic E-state index is 0. The number of rotatable bonds is 3. The van der Waals surface area contributed by atoms with Gasteiger partial charge in [0.2, 0.25) is 0 Å². The fraction of sp³-hybridized carbons (Fsp3) is 0.267. The van der Waals surface area contributed by atoms with Gasteiger partial charge < -0.3 is 19.3 Å². The summed E-state index contributed by atoms with van der Waals surface area (Å²) in [5.41, 5.74) is 6.26. The molecule has 1 fully saturated rings. The van der Waals surface area contributed by atoms with Crippen molar-refractivity contribution in [3.63, 3.8) is 0 Å². The summed E-state index contributed by atoms with van der Waals surface area (Å²) in [6, 6.07) is 32.2. The van der Waals surface area contributed by atoms with Crippen molar-refractivity contribution < 1.29 is 29.4 Å². The molecule has 0 amide bonds. The van der Waals surface area contributed by atoms with Crippen molar-refractivity contribution in [3.8, 4) is 22.5 Å². The Labute approximate surface area is 229 Å². The van der Waals surface area contributed by atoms with Gasteiger partial charge in [-0.1, -0.05) is 24.3 Å². The van der Waals surface area contributed by atoms with Crippen LogP contribution in [0, 0.1) is 26.0 Å². The summed E-state index contributed by atoms with van der Waals surface area (Å²) >= 11 is 0. The second kappa shape index (κ2) is 11.6. The summed E-state index contributed by atoms with van der Waals surface area (Å²) < 4.78 is 12.2. The van der Waals surface area contributed by atoms with E-state index in [1.165, 1.54) is 0 Å². The molecule has 2 aromatic heterocycles. The first-order valence-corrected chi connectivity index (χ1v) is 11.9. The van der Waals surface area contributed by atoms with E-state index in [4.69, 9.17) is 9.31 Å². The zero-order chi connectivity index (χ0) is 25.1. The molecule has 3 heterocycles. The van der Waals surface area contributed by atoms with Crippen molar-refractivity contribution in [2.75, 3.05) is 0 Å². The number of aryl methyl sites for hydroxylation is 2. The predicted octanol–water partition coefficient (Wildman–Crippen LogP) is 6.01. The van der Waals surface area contributed by atoms with Crippen molar-refractivity contribution in [3.05, 3.63) is 102 Å². The molecule has 0 saturated carbocycles. The Morgan fingerprint density at radius 3 is 1.75 bits per heavy atom. The third kappa shape index (κ3) is 6.57. The zero-order valence-corrected chi connectivity index (χ0v) is 24.0. The molecule has 187 valence electrons. The number of hydrogen-bond donors (Lipinski definition) is 0. The molecule has 0 spiro atoms. The van der Waals surface area contributed by atoms with Gasteiger partial charge in [-0.25, -0.2) is 0 Å². The molecule has 1 saturated heterocycles. The molecule has 0 aliphatic carbocycles. The largest absolute Gasteiger partial charge is 0.475 e. The van der Waals surface area contributed by atoms with Crippen LogP contribution in [-0.4, -0.2) is 28.3 Å². The molecule has 6 heteroatoms. The Hall–Kier alpha value is -2.63. The fourth-order valence-corrected chi connectivity index (χ4v) is 3.70. The SMILES string of the molecule is Cc1cccc(-c2[c-]ccc(B3OC(C)(C)C(C)(C)O3)c2)n1.Cc1cccc(-c2[c-]cccc2)n1.[Ir]. The predicted molar refractivity (Wildman–Crippen MR) is 142 cm³/mol. The molecule has 1 aliphatic rings. The van der Waals surface area contributed by atoms with Crippen LogP contribution in [0.2, 0.25) is 0 Å². The number of benzene rings is 2. The van der Waals surface area contributed by atoms with E-state index >= 15 is 0 Å². The Morgan fingerprint density at radius 2 is 1.22 bits per heavy atom. The molecule has 0 atom stereocenters. The fourth-order valence-electron chi connectivity index (χ4n) is 3.70. The molecule has 4 nitrogen and oxygen atoms in total. The third-order valence-electron chi connectivity index (χ3n) is 6.39. The van der Waals surface area contributed by atoms with E-state index in [0.29, 0.717) is 0 Å². The van der Waals surface area contributed by atoms with Crippen LogP contribution in [-0.2, 0) is 29.4 Å². The molecular formula is C30H31BIrN2O2-2. The molecular weight excluding hydrogens is 623 g/mol. The zero-order valence-electron chi connectivity index (χ0n) is 21.6. The molecule has 2 aromatic carbocycles. The summed E-state index contributed by atoms with van der Waals surface area (Å²) in [6.45, 7) is 12.2. The number of nitrogens with zero attached hydrogens (tertiary/aromatic N) is 2. The van der Waals surface area contributed by atoms with Crippen LogP contribution in [0.4, 0.5) is 0 Å². The molecule has 1 radical (unpaired) electrons. The van der Waals surface area contributed by atoms with Gasteiger partial charge in [-0.15, -0.1) is 71.2 Å². The van der Waals surface area contributed by atoms with Crippen molar-refractivity contribution >= 4 is 12.6 Å². The summed E-state index contributed by atoms with van der Waals surface area (Å²) in [6.07, 6.45) is 0. The van der Waals surface area contributed by atoms with E-state index in [9.17, 15) is 0 Å². The summed E-state index contributed by atoms with van der Waals surface area (Å²) in [5.74, 6) is 0. The first-order valence-electron chi connectivity index (χ1n) is 11.9. The van der Waals surface area contributed by atoms with Crippen LogP contribution in [0.1, 0.15) is 39.1 Å². The first-order chi connectivity index (χ1) is 16.6. The van der Waals surface area contributed by atoms with Crippen LogP contribution in [0.3, 0.4) is 0 Å². The maximum absolute atomic E-state index is 6.11. The van der Waals surface area contributed by atoms with Gasteiger partial charge in [-0.3, -0.25) is 0 Å². The Morgan fingerprint density at radius 1 is 0.667 bits per heavy atom. The first kappa shape index (κ1) is 28.0. The van der Waals surface area contributed by atoms with Gasteiger partial charge in [-0.05, 0) is 65.1 Å². The standard InChI is InChI=1S/C18H21BNO2.C12H10N.Ir/c1-13-8-6-11-16(20-13)14-9-7-10-15(12-14)19-21-17(2,3)18(4,5)22-19;1-10-6-5-9-12(13-10)11-7-3-2-4-8-11;/h6-8,10-12H,1-5H3;2-7,9H,1H3;/q2*-1;. The van der Waals surface area contributed by atoms with Gasteiger partial charge in [0.25, 0.3) is 0 Å². The monoisotopic (exact) mass is 655 g/mol. The molecule has 0 unspecified atom stereocenters. The van der Waals surface area contributed by atoms with Crippen LogP contribution < -0.4 is 5.46 Å². The molecule has 4 aromatic rings. The van der Waals surface area contributed by atoms with E-state index in [-0.39, 0.29) is 38.4 Å². The number of pyridine rings is 2. The van der Waals surface area contributed by atoms with Crippen molar-refractivity contribution in [1.82, 2.24) is 9.97 Å². The normalized spacial score (nSPS) is 15.4. The number of aromatic nitrogens is 2. The maximum atomic E-state index is 6.11. The molecule has 0 bridgehead atoms. The van der Waals surface area contributed by atoms with Gasteiger partial charge in [0, 0.05) is 31.5 Å². The van der Waals surface area contributed by atoms with E-state index in [2.05, 4.69) is 49.8 Å². The molecule has 1 aliphatic heterocycles. The van der Waals surface area contributed by atoms with Crippen molar-refractivity contribution in [1.29, 1.82) is 0 Å². The van der Waals surface area contributed by atoms with Crippen molar-refractivity contribution in [2.24, 2.45) is 0 Å². The van der Waals surface area contributed by atoms with E-state index in [1.807, 2.05) is 92.7 Å². The third-order valence-corrected chi connectivity index (χ3v) is 6.39. The molecule has 5 rings (SSSR count). The maximum Gasteiger partial charge on any atom is 0.475 e. The average molecular weight is 655 g/mol. The quantitative estimate of drug-likeness (QED) is 0.201. The van der Waals surface area contributed by atoms with E-state index < -0.39 is 0 Å². The van der Waals surface area contributed by atoms with Gasteiger partial charge in [0.15, 0.2) is 0 Å². The Kier molecular flexibility index (Phi) is 9.02. The smallest absolute Gasteiger partial charge is 0.400 e. The Balaban J connectivity index is 0.000000221. The average Bonchev–Trinajstić information content (AvgIpc) is 3.07. The molecule has 36 heavy (non-hydrogen) atoms. The summed E-state index contributed by atoms with van der Waals surface area (Å²) in [7, 11) is -0.358. The van der Waals surface area contributed by atoms with Crippen molar-refractivity contribution in [2.45, 2.75) is 52.7 Å². The van der Waals surface area contributed by atoms with Crippen LogP contribution in [0.25, 0.3) is 22.5 Å². The van der Waals surface area contributed by atoms with Crippen LogP contribution in [0.5, 0.6) is 0 Å². The summed E-state index contributed by atoms with van der Waals surface area (Å²) in [5, 5.41) is 0. The van der Waals surface area contributed by atoms with E-state index in [0.717, 1.165) is 39.4 Å². The van der Waals surface area contributed by atoms with Gasteiger partial charge >= 0.3 is 7.12 Å². The second-order valence-corrected chi connectivity index (χ2v) is 9.73.